The summed E-state index contributed by atoms with van der Waals surface area (Å²) in [5.41, 5.74) is 1.34. The van der Waals surface area contributed by atoms with Crippen LogP contribution in [0.25, 0.3) is 0 Å². The summed E-state index contributed by atoms with van der Waals surface area (Å²) in [5, 5.41) is 12.9. The molecule has 0 aromatic carbocycles. The predicted molar refractivity (Wildman–Crippen MR) is 75.7 cm³/mol. The molecule has 1 amide bonds. The lowest BCUT2D eigenvalue weighted by Gasteiger charge is -2.10. The van der Waals surface area contributed by atoms with Crippen molar-refractivity contribution < 1.29 is 4.79 Å². The molecule has 0 aliphatic rings. The molecular formula is C13H16N6O. The molecule has 0 unspecified atom stereocenters. The molecule has 0 fully saturated rings. The normalized spacial score (nSPS) is 10.4. The van der Waals surface area contributed by atoms with E-state index in [9.17, 15) is 4.79 Å². The molecule has 0 spiro atoms. The average molecular weight is 272 g/mol. The molecule has 0 aliphatic heterocycles. The van der Waals surface area contributed by atoms with Gasteiger partial charge >= 0.3 is 0 Å². The highest BCUT2D eigenvalue weighted by atomic mass is 16.1. The Bertz CT molecular complexity index is 599. The van der Waals surface area contributed by atoms with Gasteiger partial charge in [-0.1, -0.05) is 13.8 Å². The maximum atomic E-state index is 12.2. The Balaban J connectivity index is 2.27. The van der Waals surface area contributed by atoms with Gasteiger partial charge in [0.25, 0.3) is 5.91 Å². The van der Waals surface area contributed by atoms with E-state index in [0.717, 1.165) is 5.69 Å². The largest absolute Gasteiger partial charge is 0.373 e. The zero-order valence-electron chi connectivity index (χ0n) is 11.6. The van der Waals surface area contributed by atoms with Crippen molar-refractivity contribution in [1.82, 2.24) is 20.2 Å². The Morgan fingerprint density at radius 1 is 1.25 bits per heavy atom. The van der Waals surface area contributed by atoms with Crippen LogP contribution >= 0.6 is 0 Å². The lowest BCUT2D eigenvalue weighted by Crippen LogP contribution is -2.15. The first-order chi connectivity index (χ1) is 9.60. The van der Waals surface area contributed by atoms with Gasteiger partial charge in [0.1, 0.15) is 5.82 Å². The van der Waals surface area contributed by atoms with Crippen LogP contribution in [0.1, 0.15) is 35.8 Å². The van der Waals surface area contributed by atoms with Crippen molar-refractivity contribution in [2.24, 2.45) is 0 Å². The number of amides is 1. The molecule has 0 saturated carbocycles. The van der Waals surface area contributed by atoms with E-state index in [-0.39, 0.29) is 17.8 Å². The number of pyridine rings is 1. The van der Waals surface area contributed by atoms with Crippen LogP contribution in [0.15, 0.2) is 24.5 Å². The lowest BCUT2D eigenvalue weighted by molar-refractivity contribution is 0.102. The summed E-state index contributed by atoms with van der Waals surface area (Å²) < 4.78 is 0. The topological polar surface area (TPSA) is 92.7 Å². The molecule has 2 aromatic heterocycles. The van der Waals surface area contributed by atoms with Gasteiger partial charge in [0.2, 0.25) is 5.95 Å². The Morgan fingerprint density at radius 2 is 2.05 bits per heavy atom. The number of hydrogen-bond donors (Lipinski definition) is 2. The third kappa shape index (κ3) is 3.25. The molecule has 104 valence electrons. The van der Waals surface area contributed by atoms with Gasteiger partial charge in [-0.25, -0.2) is 9.97 Å². The zero-order valence-corrected chi connectivity index (χ0v) is 11.6. The SMILES string of the molecule is CNc1cc(C(=O)Nc2nccnn2)cc(C(C)C)n1. The van der Waals surface area contributed by atoms with E-state index in [4.69, 9.17) is 0 Å². The molecular weight excluding hydrogens is 256 g/mol. The van der Waals surface area contributed by atoms with E-state index in [1.807, 2.05) is 13.8 Å². The van der Waals surface area contributed by atoms with Crippen molar-refractivity contribution >= 4 is 17.7 Å². The third-order valence-corrected chi connectivity index (χ3v) is 2.66. The fraction of sp³-hybridized carbons (Fsp3) is 0.308. The highest BCUT2D eigenvalue weighted by Gasteiger charge is 2.12. The summed E-state index contributed by atoms with van der Waals surface area (Å²) in [6.45, 7) is 4.04. The monoisotopic (exact) mass is 272 g/mol. The molecule has 0 saturated heterocycles. The van der Waals surface area contributed by atoms with Crippen LogP contribution in [0, 0.1) is 0 Å². The maximum absolute atomic E-state index is 12.2. The molecule has 2 N–H and O–H groups in total. The van der Waals surface area contributed by atoms with Gasteiger partial charge in [-0.05, 0) is 18.1 Å². The van der Waals surface area contributed by atoms with Gasteiger partial charge in [0.05, 0.1) is 12.4 Å². The van der Waals surface area contributed by atoms with E-state index in [2.05, 4.69) is 30.8 Å². The first-order valence-electron chi connectivity index (χ1n) is 6.25. The minimum absolute atomic E-state index is 0.173. The summed E-state index contributed by atoms with van der Waals surface area (Å²) in [7, 11) is 1.76. The number of aromatic nitrogens is 4. The molecule has 2 rings (SSSR count). The minimum atomic E-state index is -0.293. The molecule has 0 atom stereocenters. The molecule has 7 heteroatoms. The number of nitrogens with zero attached hydrogens (tertiary/aromatic N) is 4. The summed E-state index contributed by atoms with van der Waals surface area (Å²) in [6.07, 6.45) is 2.91. The summed E-state index contributed by atoms with van der Waals surface area (Å²) in [4.78, 5) is 20.5. The Hall–Kier alpha value is -2.57. The molecule has 2 aromatic rings. The Morgan fingerprint density at radius 3 is 2.65 bits per heavy atom. The first kappa shape index (κ1) is 13.9. The molecule has 20 heavy (non-hydrogen) atoms. The van der Waals surface area contributed by atoms with Gasteiger partial charge in [-0.2, -0.15) is 5.10 Å². The number of carbonyl (C=O) groups is 1. The number of rotatable bonds is 4. The van der Waals surface area contributed by atoms with Crippen LogP contribution in [0.4, 0.5) is 11.8 Å². The van der Waals surface area contributed by atoms with Crippen LogP contribution in [-0.4, -0.2) is 33.1 Å². The van der Waals surface area contributed by atoms with Crippen molar-refractivity contribution in [3.05, 3.63) is 35.8 Å². The second kappa shape index (κ2) is 6.05. The average Bonchev–Trinajstić information content (AvgIpc) is 2.47. The second-order valence-corrected chi connectivity index (χ2v) is 4.49. The predicted octanol–water partition coefficient (Wildman–Crippen LogP) is 1.68. The van der Waals surface area contributed by atoms with Gasteiger partial charge in [-0.15, -0.1) is 5.10 Å². The standard InChI is InChI=1S/C13H16N6O/c1-8(2)10-6-9(7-11(14-3)17-10)12(20)18-13-15-4-5-16-19-13/h4-8H,1-3H3,(H,14,17)(H,15,18,19,20). The van der Waals surface area contributed by atoms with Crippen LogP contribution in [0.2, 0.25) is 0 Å². The second-order valence-electron chi connectivity index (χ2n) is 4.49. The fourth-order valence-electron chi connectivity index (χ4n) is 1.59. The van der Waals surface area contributed by atoms with Crippen molar-refractivity contribution in [2.45, 2.75) is 19.8 Å². The van der Waals surface area contributed by atoms with Gasteiger partial charge in [0, 0.05) is 18.3 Å². The van der Waals surface area contributed by atoms with E-state index in [1.165, 1.54) is 12.4 Å². The summed E-state index contributed by atoms with van der Waals surface area (Å²) in [6, 6.07) is 3.44. The van der Waals surface area contributed by atoms with Crippen molar-refractivity contribution in [3.8, 4) is 0 Å². The van der Waals surface area contributed by atoms with Gasteiger partial charge in [0.15, 0.2) is 0 Å². The van der Waals surface area contributed by atoms with E-state index in [1.54, 1.807) is 19.2 Å². The molecule has 0 radical (unpaired) electrons. The smallest absolute Gasteiger partial charge is 0.258 e. The van der Waals surface area contributed by atoms with Crippen LogP contribution in [0.5, 0.6) is 0 Å². The van der Waals surface area contributed by atoms with Gasteiger partial charge < -0.3 is 5.32 Å². The van der Waals surface area contributed by atoms with Crippen molar-refractivity contribution in [1.29, 1.82) is 0 Å². The number of hydrogen-bond acceptors (Lipinski definition) is 6. The highest BCUT2D eigenvalue weighted by molar-refractivity contribution is 6.03. The number of nitrogens with one attached hydrogen (secondary N) is 2. The maximum Gasteiger partial charge on any atom is 0.258 e. The summed E-state index contributed by atoms with van der Waals surface area (Å²) in [5.74, 6) is 0.753. The van der Waals surface area contributed by atoms with E-state index < -0.39 is 0 Å². The van der Waals surface area contributed by atoms with Crippen LogP contribution in [0.3, 0.4) is 0 Å². The molecule has 0 bridgehead atoms. The fourth-order valence-corrected chi connectivity index (χ4v) is 1.59. The first-order valence-corrected chi connectivity index (χ1v) is 6.25. The highest BCUT2D eigenvalue weighted by Crippen LogP contribution is 2.18. The van der Waals surface area contributed by atoms with Crippen LogP contribution in [-0.2, 0) is 0 Å². The lowest BCUT2D eigenvalue weighted by atomic mass is 10.1. The third-order valence-electron chi connectivity index (χ3n) is 2.66. The minimum Gasteiger partial charge on any atom is -0.373 e. The van der Waals surface area contributed by atoms with Crippen molar-refractivity contribution in [2.75, 3.05) is 17.7 Å². The van der Waals surface area contributed by atoms with E-state index >= 15 is 0 Å². The summed E-state index contributed by atoms with van der Waals surface area (Å²) >= 11 is 0. The van der Waals surface area contributed by atoms with Crippen LogP contribution < -0.4 is 10.6 Å². The number of carbonyl (C=O) groups excluding carboxylic acids is 1. The zero-order chi connectivity index (χ0) is 14.5. The molecule has 0 aliphatic carbocycles. The Labute approximate surface area is 116 Å². The van der Waals surface area contributed by atoms with Gasteiger partial charge in [-0.3, -0.25) is 10.1 Å². The Kier molecular flexibility index (Phi) is 4.19. The molecule has 7 nitrogen and oxygen atoms in total. The number of anilines is 2. The van der Waals surface area contributed by atoms with E-state index in [0.29, 0.717) is 11.4 Å². The molecule has 2 heterocycles. The quantitative estimate of drug-likeness (QED) is 0.879. The van der Waals surface area contributed by atoms with Crippen molar-refractivity contribution in [3.63, 3.8) is 0 Å².